The Kier molecular flexibility index (Phi) is 2.38. The van der Waals surface area contributed by atoms with E-state index in [9.17, 15) is 0 Å². The minimum atomic E-state index is 0.506. The SMILES string of the molecule is CC(C)(C)C1SCCS1. The summed E-state index contributed by atoms with van der Waals surface area (Å²) in [4.78, 5) is 0. The predicted octanol–water partition coefficient (Wildman–Crippen LogP) is 2.84. The van der Waals surface area contributed by atoms with E-state index in [1.807, 2.05) is 0 Å². The van der Waals surface area contributed by atoms with E-state index in [2.05, 4.69) is 44.3 Å². The molecule has 9 heavy (non-hydrogen) atoms. The molecule has 1 heterocycles. The third kappa shape index (κ3) is 2.08. The third-order valence-corrected chi connectivity index (χ3v) is 5.30. The summed E-state index contributed by atoms with van der Waals surface area (Å²) in [6, 6.07) is 0. The second kappa shape index (κ2) is 2.75. The van der Waals surface area contributed by atoms with Crippen LogP contribution in [-0.4, -0.2) is 16.1 Å². The van der Waals surface area contributed by atoms with Crippen LogP contribution in [-0.2, 0) is 0 Å². The molecular weight excluding hydrogens is 148 g/mol. The Morgan fingerprint density at radius 3 is 1.78 bits per heavy atom. The second-order valence-electron chi connectivity index (χ2n) is 3.44. The van der Waals surface area contributed by atoms with Gasteiger partial charge in [0.05, 0.1) is 4.58 Å². The van der Waals surface area contributed by atoms with Crippen molar-refractivity contribution in [3.63, 3.8) is 0 Å². The maximum atomic E-state index is 2.32. The summed E-state index contributed by atoms with van der Waals surface area (Å²) in [5.41, 5.74) is 0.506. The Bertz CT molecular complexity index is 87.6. The van der Waals surface area contributed by atoms with Gasteiger partial charge in [0, 0.05) is 11.5 Å². The minimum Gasteiger partial charge on any atom is -0.146 e. The lowest BCUT2D eigenvalue weighted by Gasteiger charge is -2.24. The fourth-order valence-corrected chi connectivity index (χ4v) is 4.02. The molecule has 0 nitrogen and oxygen atoms in total. The minimum absolute atomic E-state index is 0.506. The van der Waals surface area contributed by atoms with E-state index < -0.39 is 0 Å². The zero-order chi connectivity index (χ0) is 6.91. The molecule has 2 heteroatoms. The van der Waals surface area contributed by atoms with Gasteiger partial charge in [0.25, 0.3) is 0 Å². The molecule has 1 rings (SSSR count). The monoisotopic (exact) mass is 162 g/mol. The molecule has 0 unspecified atom stereocenters. The van der Waals surface area contributed by atoms with E-state index in [0.29, 0.717) is 5.41 Å². The van der Waals surface area contributed by atoms with E-state index in [1.54, 1.807) is 0 Å². The first kappa shape index (κ1) is 7.80. The molecule has 1 aliphatic rings. The van der Waals surface area contributed by atoms with Crippen molar-refractivity contribution in [2.45, 2.75) is 25.4 Å². The van der Waals surface area contributed by atoms with Gasteiger partial charge in [-0.15, -0.1) is 23.5 Å². The Morgan fingerprint density at radius 2 is 1.56 bits per heavy atom. The summed E-state index contributed by atoms with van der Waals surface area (Å²) in [5.74, 6) is 2.71. The highest BCUT2D eigenvalue weighted by Gasteiger charge is 2.28. The summed E-state index contributed by atoms with van der Waals surface area (Å²) in [7, 11) is 0. The standard InChI is InChI=1S/C7H14S2/c1-7(2,3)6-8-4-5-9-6/h6H,4-5H2,1-3H3. The molecule has 0 spiro atoms. The van der Waals surface area contributed by atoms with Crippen LogP contribution in [0.3, 0.4) is 0 Å². The lowest BCUT2D eigenvalue weighted by Crippen LogP contribution is -2.16. The smallest absolute Gasteiger partial charge is 0.0551 e. The van der Waals surface area contributed by atoms with Crippen LogP contribution in [0.25, 0.3) is 0 Å². The van der Waals surface area contributed by atoms with Crippen LogP contribution >= 0.6 is 23.5 Å². The molecule has 0 radical (unpaired) electrons. The van der Waals surface area contributed by atoms with E-state index in [1.165, 1.54) is 11.5 Å². The van der Waals surface area contributed by atoms with Crippen LogP contribution in [0.15, 0.2) is 0 Å². The molecule has 54 valence electrons. The highest BCUT2D eigenvalue weighted by atomic mass is 32.2. The summed E-state index contributed by atoms with van der Waals surface area (Å²) in [5, 5.41) is 0. The molecule has 0 N–H and O–H groups in total. The van der Waals surface area contributed by atoms with Crippen molar-refractivity contribution in [2.24, 2.45) is 5.41 Å². The van der Waals surface area contributed by atoms with Crippen molar-refractivity contribution in [3.8, 4) is 0 Å². The molecular formula is C7H14S2. The van der Waals surface area contributed by atoms with Gasteiger partial charge in [0.15, 0.2) is 0 Å². The molecule has 0 aromatic heterocycles. The van der Waals surface area contributed by atoms with Crippen LogP contribution in [0.2, 0.25) is 0 Å². The summed E-state index contributed by atoms with van der Waals surface area (Å²) in [6.07, 6.45) is 0. The topological polar surface area (TPSA) is 0 Å². The molecule has 0 atom stereocenters. The average molecular weight is 162 g/mol. The fourth-order valence-electron chi connectivity index (χ4n) is 0.858. The summed E-state index contributed by atoms with van der Waals surface area (Å²) < 4.78 is 0.845. The van der Waals surface area contributed by atoms with Gasteiger partial charge >= 0.3 is 0 Å². The normalized spacial score (nSPS) is 23.0. The van der Waals surface area contributed by atoms with E-state index in [0.717, 1.165) is 4.58 Å². The maximum Gasteiger partial charge on any atom is 0.0551 e. The third-order valence-electron chi connectivity index (χ3n) is 1.33. The van der Waals surface area contributed by atoms with Gasteiger partial charge in [0.2, 0.25) is 0 Å². The van der Waals surface area contributed by atoms with Gasteiger partial charge in [-0.1, -0.05) is 20.8 Å². The lowest BCUT2D eigenvalue weighted by atomic mass is 10.0. The first-order valence-electron chi connectivity index (χ1n) is 3.34. The van der Waals surface area contributed by atoms with Crippen molar-refractivity contribution in [1.29, 1.82) is 0 Å². The maximum absolute atomic E-state index is 2.32. The van der Waals surface area contributed by atoms with Crippen LogP contribution < -0.4 is 0 Å². The number of thioether (sulfide) groups is 2. The van der Waals surface area contributed by atoms with Gasteiger partial charge < -0.3 is 0 Å². The van der Waals surface area contributed by atoms with Crippen LogP contribution in [0.5, 0.6) is 0 Å². The molecule has 0 aromatic rings. The van der Waals surface area contributed by atoms with Crippen LogP contribution in [0, 0.1) is 5.41 Å². The molecule has 0 amide bonds. The van der Waals surface area contributed by atoms with Crippen molar-refractivity contribution in [3.05, 3.63) is 0 Å². The van der Waals surface area contributed by atoms with Gasteiger partial charge in [-0.05, 0) is 5.41 Å². The molecule has 0 bridgehead atoms. The number of hydrogen-bond donors (Lipinski definition) is 0. The molecule has 1 fully saturated rings. The van der Waals surface area contributed by atoms with Crippen LogP contribution in [0.4, 0.5) is 0 Å². The average Bonchev–Trinajstić information content (AvgIpc) is 2.08. The largest absolute Gasteiger partial charge is 0.146 e. The Morgan fingerprint density at radius 1 is 1.11 bits per heavy atom. The highest BCUT2D eigenvalue weighted by molar-refractivity contribution is 8.20. The fraction of sp³-hybridized carbons (Fsp3) is 1.00. The Balaban J connectivity index is 2.42. The van der Waals surface area contributed by atoms with Gasteiger partial charge in [-0.2, -0.15) is 0 Å². The molecule has 1 saturated heterocycles. The lowest BCUT2D eigenvalue weighted by molar-refractivity contribution is 0.461. The van der Waals surface area contributed by atoms with E-state index in [-0.39, 0.29) is 0 Å². The number of rotatable bonds is 0. The van der Waals surface area contributed by atoms with E-state index in [4.69, 9.17) is 0 Å². The molecule has 0 aliphatic carbocycles. The van der Waals surface area contributed by atoms with Crippen molar-refractivity contribution in [1.82, 2.24) is 0 Å². The molecule has 1 aliphatic heterocycles. The van der Waals surface area contributed by atoms with E-state index >= 15 is 0 Å². The Labute approximate surface area is 66.2 Å². The van der Waals surface area contributed by atoms with Gasteiger partial charge in [-0.3, -0.25) is 0 Å². The highest BCUT2D eigenvalue weighted by Crippen LogP contribution is 2.43. The van der Waals surface area contributed by atoms with Gasteiger partial charge in [-0.25, -0.2) is 0 Å². The van der Waals surface area contributed by atoms with Crippen molar-refractivity contribution >= 4 is 23.5 Å². The zero-order valence-corrected chi connectivity index (χ0v) is 7.94. The zero-order valence-electron chi connectivity index (χ0n) is 6.31. The Hall–Kier alpha value is 0.700. The van der Waals surface area contributed by atoms with Crippen molar-refractivity contribution in [2.75, 3.05) is 11.5 Å². The summed E-state index contributed by atoms with van der Waals surface area (Å²) >= 11 is 4.22. The first-order valence-corrected chi connectivity index (χ1v) is 5.43. The first-order chi connectivity index (χ1) is 4.11. The number of hydrogen-bond acceptors (Lipinski definition) is 2. The second-order valence-corrected chi connectivity index (χ2v) is 6.16. The van der Waals surface area contributed by atoms with Gasteiger partial charge in [0.1, 0.15) is 0 Å². The molecule has 0 aromatic carbocycles. The quantitative estimate of drug-likeness (QED) is 0.537. The summed E-state index contributed by atoms with van der Waals surface area (Å²) in [6.45, 7) is 6.97. The van der Waals surface area contributed by atoms with Crippen molar-refractivity contribution < 1.29 is 0 Å². The predicted molar refractivity (Wildman–Crippen MR) is 48.2 cm³/mol. The molecule has 0 saturated carbocycles. The van der Waals surface area contributed by atoms with Crippen LogP contribution in [0.1, 0.15) is 20.8 Å².